The van der Waals surface area contributed by atoms with Crippen LogP contribution in [0.1, 0.15) is 49.1 Å². The first-order valence-electron chi connectivity index (χ1n) is 9.73. The van der Waals surface area contributed by atoms with E-state index in [0.29, 0.717) is 32.1 Å². The normalized spacial score (nSPS) is 19.3. The number of nitrogens with zero attached hydrogens (tertiary/aromatic N) is 4. The summed E-state index contributed by atoms with van der Waals surface area (Å²) in [5.74, 6) is 0.522. The molecule has 1 aliphatic heterocycles. The molecule has 0 aromatic carbocycles. The van der Waals surface area contributed by atoms with Gasteiger partial charge in [0.2, 0.25) is 11.8 Å². The molecule has 142 valence electrons. The van der Waals surface area contributed by atoms with Crippen molar-refractivity contribution in [1.82, 2.24) is 19.6 Å². The highest BCUT2D eigenvalue weighted by atomic mass is 16.2. The standard InChI is InChI=1S/C20H30N4O2/c1-15-18(16(2)22(3)21-15)9-10-19(25)23-11-13-24(14-12-23)20(26)17-7-5-4-6-8-17/h9-10,17H,4-8,11-14H2,1-3H3/b10-9+. The third-order valence-electron chi connectivity index (χ3n) is 5.81. The lowest BCUT2D eigenvalue weighted by Crippen LogP contribution is -2.51. The molecule has 1 aromatic heterocycles. The summed E-state index contributed by atoms with van der Waals surface area (Å²) in [4.78, 5) is 28.9. The Morgan fingerprint density at radius 2 is 1.62 bits per heavy atom. The molecule has 0 atom stereocenters. The summed E-state index contributed by atoms with van der Waals surface area (Å²) in [7, 11) is 1.91. The van der Waals surface area contributed by atoms with Gasteiger partial charge in [0.15, 0.2) is 0 Å². The van der Waals surface area contributed by atoms with Gasteiger partial charge in [0, 0.05) is 56.5 Å². The average molecular weight is 358 g/mol. The minimum atomic E-state index is 0.0115. The molecule has 0 N–H and O–H groups in total. The number of piperazine rings is 1. The molecule has 3 rings (SSSR count). The van der Waals surface area contributed by atoms with Crippen LogP contribution >= 0.6 is 0 Å². The summed E-state index contributed by atoms with van der Waals surface area (Å²) in [6, 6.07) is 0. The van der Waals surface area contributed by atoms with Crippen LogP contribution in [0.15, 0.2) is 6.08 Å². The Balaban J connectivity index is 1.53. The predicted molar refractivity (Wildman–Crippen MR) is 101 cm³/mol. The fourth-order valence-electron chi connectivity index (χ4n) is 4.05. The van der Waals surface area contributed by atoms with Gasteiger partial charge in [-0.15, -0.1) is 0 Å². The van der Waals surface area contributed by atoms with Gasteiger partial charge in [-0.2, -0.15) is 5.10 Å². The van der Waals surface area contributed by atoms with E-state index < -0.39 is 0 Å². The van der Waals surface area contributed by atoms with Crippen molar-refractivity contribution in [2.75, 3.05) is 26.2 Å². The van der Waals surface area contributed by atoms with E-state index in [-0.39, 0.29) is 11.8 Å². The van der Waals surface area contributed by atoms with E-state index in [9.17, 15) is 9.59 Å². The van der Waals surface area contributed by atoms with E-state index in [1.807, 2.05) is 41.5 Å². The second-order valence-corrected chi connectivity index (χ2v) is 7.53. The molecular weight excluding hydrogens is 328 g/mol. The monoisotopic (exact) mass is 358 g/mol. The first-order chi connectivity index (χ1) is 12.5. The quantitative estimate of drug-likeness (QED) is 0.779. The zero-order chi connectivity index (χ0) is 18.7. The first kappa shape index (κ1) is 18.7. The van der Waals surface area contributed by atoms with Crippen LogP contribution < -0.4 is 0 Å². The number of amides is 2. The molecular formula is C20H30N4O2. The third kappa shape index (κ3) is 4.00. The van der Waals surface area contributed by atoms with Crippen molar-refractivity contribution in [2.45, 2.75) is 46.0 Å². The number of hydrogen-bond donors (Lipinski definition) is 0. The zero-order valence-electron chi connectivity index (χ0n) is 16.2. The van der Waals surface area contributed by atoms with Gasteiger partial charge in [0.1, 0.15) is 0 Å². The van der Waals surface area contributed by atoms with E-state index in [0.717, 1.165) is 29.8 Å². The number of carbonyl (C=O) groups is 2. The fraction of sp³-hybridized carbons (Fsp3) is 0.650. The molecule has 1 aromatic rings. The SMILES string of the molecule is Cc1nn(C)c(C)c1/C=C/C(=O)N1CCN(C(=O)C2CCCCC2)CC1. The highest BCUT2D eigenvalue weighted by molar-refractivity contribution is 5.92. The lowest BCUT2D eigenvalue weighted by molar-refractivity contribution is -0.141. The fourth-order valence-corrected chi connectivity index (χ4v) is 4.05. The minimum absolute atomic E-state index is 0.0115. The molecule has 1 aliphatic carbocycles. The summed E-state index contributed by atoms with van der Waals surface area (Å²) in [5, 5.41) is 4.37. The van der Waals surface area contributed by atoms with Crippen LogP contribution in [-0.2, 0) is 16.6 Å². The van der Waals surface area contributed by atoms with E-state index in [1.165, 1.54) is 19.3 Å². The van der Waals surface area contributed by atoms with Gasteiger partial charge in [-0.1, -0.05) is 19.3 Å². The Hall–Kier alpha value is -2.11. The van der Waals surface area contributed by atoms with Crippen LogP contribution in [-0.4, -0.2) is 57.6 Å². The van der Waals surface area contributed by atoms with E-state index >= 15 is 0 Å². The molecule has 2 aliphatic rings. The van der Waals surface area contributed by atoms with Crippen LogP contribution in [0.5, 0.6) is 0 Å². The van der Waals surface area contributed by atoms with Gasteiger partial charge in [-0.25, -0.2) is 0 Å². The summed E-state index contributed by atoms with van der Waals surface area (Å²) in [6.45, 7) is 6.49. The number of rotatable bonds is 3. The molecule has 26 heavy (non-hydrogen) atoms. The predicted octanol–water partition coefficient (Wildman–Crippen LogP) is 2.30. The average Bonchev–Trinajstić information content (AvgIpc) is 2.91. The van der Waals surface area contributed by atoms with E-state index in [2.05, 4.69) is 5.10 Å². The maximum Gasteiger partial charge on any atom is 0.246 e. The summed E-state index contributed by atoms with van der Waals surface area (Å²) in [6.07, 6.45) is 9.16. The molecule has 0 spiro atoms. The first-order valence-corrected chi connectivity index (χ1v) is 9.73. The number of carbonyl (C=O) groups excluding carboxylic acids is 2. The highest BCUT2D eigenvalue weighted by Crippen LogP contribution is 2.25. The lowest BCUT2D eigenvalue weighted by Gasteiger charge is -2.36. The number of aryl methyl sites for hydroxylation is 2. The van der Waals surface area contributed by atoms with Crippen molar-refractivity contribution in [3.05, 3.63) is 23.0 Å². The Morgan fingerprint density at radius 3 is 2.19 bits per heavy atom. The Kier molecular flexibility index (Phi) is 5.79. The molecule has 6 nitrogen and oxygen atoms in total. The van der Waals surface area contributed by atoms with E-state index in [1.54, 1.807) is 6.08 Å². The topological polar surface area (TPSA) is 58.4 Å². The van der Waals surface area contributed by atoms with Gasteiger partial charge >= 0.3 is 0 Å². The molecule has 2 heterocycles. The van der Waals surface area contributed by atoms with Gasteiger partial charge in [0.05, 0.1) is 5.69 Å². The van der Waals surface area contributed by atoms with Crippen LogP contribution in [0.4, 0.5) is 0 Å². The Bertz CT molecular complexity index is 693. The van der Waals surface area contributed by atoms with Gasteiger partial charge in [-0.05, 0) is 32.8 Å². The molecule has 0 unspecified atom stereocenters. The summed E-state index contributed by atoms with van der Waals surface area (Å²) < 4.78 is 1.83. The summed E-state index contributed by atoms with van der Waals surface area (Å²) >= 11 is 0. The number of hydrogen-bond acceptors (Lipinski definition) is 3. The molecule has 1 saturated carbocycles. The van der Waals surface area contributed by atoms with Crippen molar-refractivity contribution < 1.29 is 9.59 Å². The third-order valence-corrected chi connectivity index (χ3v) is 5.81. The van der Waals surface area contributed by atoms with E-state index in [4.69, 9.17) is 0 Å². The van der Waals surface area contributed by atoms with Crippen molar-refractivity contribution in [1.29, 1.82) is 0 Å². The molecule has 6 heteroatoms. The summed E-state index contributed by atoms with van der Waals surface area (Å²) in [5.41, 5.74) is 2.98. The lowest BCUT2D eigenvalue weighted by atomic mass is 9.88. The van der Waals surface area contributed by atoms with Crippen molar-refractivity contribution >= 4 is 17.9 Å². The largest absolute Gasteiger partial charge is 0.339 e. The van der Waals surface area contributed by atoms with Crippen molar-refractivity contribution in [3.8, 4) is 0 Å². The Morgan fingerprint density at radius 1 is 1.00 bits per heavy atom. The molecule has 1 saturated heterocycles. The maximum atomic E-state index is 12.6. The van der Waals surface area contributed by atoms with Gasteiger partial charge in [-0.3, -0.25) is 14.3 Å². The number of aromatic nitrogens is 2. The zero-order valence-corrected chi connectivity index (χ0v) is 16.2. The smallest absolute Gasteiger partial charge is 0.246 e. The van der Waals surface area contributed by atoms with Crippen molar-refractivity contribution in [3.63, 3.8) is 0 Å². The molecule has 0 radical (unpaired) electrons. The van der Waals surface area contributed by atoms with Crippen LogP contribution in [0.2, 0.25) is 0 Å². The van der Waals surface area contributed by atoms with Crippen LogP contribution in [0.3, 0.4) is 0 Å². The maximum absolute atomic E-state index is 12.6. The van der Waals surface area contributed by atoms with Crippen molar-refractivity contribution in [2.24, 2.45) is 13.0 Å². The molecule has 0 bridgehead atoms. The van der Waals surface area contributed by atoms with Gasteiger partial charge in [0.25, 0.3) is 0 Å². The minimum Gasteiger partial charge on any atom is -0.339 e. The Labute approximate surface area is 155 Å². The van der Waals surface area contributed by atoms with Gasteiger partial charge < -0.3 is 9.80 Å². The highest BCUT2D eigenvalue weighted by Gasteiger charge is 2.29. The molecule has 2 fully saturated rings. The second-order valence-electron chi connectivity index (χ2n) is 7.53. The second kappa shape index (κ2) is 8.06. The van der Waals surface area contributed by atoms with Crippen LogP contribution in [0.25, 0.3) is 6.08 Å². The molecule has 2 amide bonds. The van der Waals surface area contributed by atoms with Crippen LogP contribution in [0, 0.1) is 19.8 Å².